The first-order chi connectivity index (χ1) is 17.1. The van der Waals surface area contributed by atoms with Crippen LogP contribution in [0, 0.1) is 2.88 Å². The maximum atomic E-state index is 13.5. The number of esters is 1. The molecular formula is C26H20F3IN2O3S. The number of fused-ring (bicyclic) bond motifs is 1. The van der Waals surface area contributed by atoms with Crippen LogP contribution in [0.3, 0.4) is 0 Å². The molecule has 0 atom stereocenters. The van der Waals surface area contributed by atoms with E-state index in [1.807, 2.05) is 29.0 Å². The summed E-state index contributed by atoms with van der Waals surface area (Å²) in [6, 6.07) is 14.0. The summed E-state index contributed by atoms with van der Waals surface area (Å²) >= 11 is 3.66. The van der Waals surface area contributed by atoms with Crippen LogP contribution >= 0.6 is 33.9 Å². The van der Waals surface area contributed by atoms with Gasteiger partial charge in [-0.05, 0) is 76.9 Å². The van der Waals surface area contributed by atoms with Crippen molar-refractivity contribution < 1.29 is 27.5 Å². The average Bonchev–Trinajstić information content (AvgIpc) is 3.42. The van der Waals surface area contributed by atoms with Gasteiger partial charge in [0, 0.05) is 12.7 Å². The van der Waals surface area contributed by atoms with Crippen LogP contribution in [0.4, 0.5) is 13.2 Å². The third kappa shape index (κ3) is 4.63. The zero-order chi connectivity index (χ0) is 25.7. The van der Waals surface area contributed by atoms with E-state index >= 15 is 0 Å². The Bertz CT molecular complexity index is 1450. The minimum Gasteiger partial charge on any atom is -0.465 e. The SMILES string of the molecule is COC(=O)c1ccc(C2(NC(=O)c3c(I)sc4ccn(Cc5ccc(C(F)(F)F)cc5)c34)CC2)cc1. The Morgan fingerprint density at radius 1 is 1.08 bits per heavy atom. The summed E-state index contributed by atoms with van der Waals surface area (Å²) in [5.74, 6) is -0.618. The van der Waals surface area contributed by atoms with Crippen molar-refractivity contribution in [3.63, 3.8) is 0 Å². The van der Waals surface area contributed by atoms with E-state index in [9.17, 15) is 22.8 Å². The number of alkyl halides is 3. The molecule has 1 N–H and O–H groups in total. The van der Waals surface area contributed by atoms with E-state index in [1.54, 1.807) is 12.1 Å². The Morgan fingerprint density at radius 3 is 2.33 bits per heavy atom. The number of benzene rings is 2. The molecule has 0 unspecified atom stereocenters. The molecule has 0 saturated heterocycles. The third-order valence-electron chi connectivity index (χ3n) is 6.38. The number of carbonyl (C=O) groups is 2. The molecule has 10 heteroatoms. The van der Waals surface area contributed by atoms with E-state index in [1.165, 1.54) is 30.6 Å². The van der Waals surface area contributed by atoms with E-state index < -0.39 is 23.2 Å². The van der Waals surface area contributed by atoms with Crippen molar-refractivity contribution in [2.75, 3.05) is 7.11 Å². The summed E-state index contributed by atoms with van der Waals surface area (Å²) in [4.78, 5) is 25.3. The standard InChI is InChI=1S/C26H20F3IN2O3S/c1-35-24(34)16-4-8-17(9-5-16)25(11-12-25)31-23(33)20-21-19(36-22(20)30)10-13-32(21)14-15-2-6-18(7-3-15)26(27,28)29/h2-10,13H,11-12,14H2,1H3,(H,31,33). The molecular weight excluding hydrogens is 604 g/mol. The largest absolute Gasteiger partial charge is 0.465 e. The normalized spacial score (nSPS) is 14.6. The van der Waals surface area contributed by atoms with Gasteiger partial charge < -0.3 is 14.6 Å². The second-order valence-corrected chi connectivity index (χ2v) is 11.6. The highest BCUT2D eigenvalue weighted by molar-refractivity contribution is 14.1. The molecule has 186 valence electrons. The molecule has 1 aliphatic carbocycles. The summed E-state index contributed by atoms with van der Waals surface area (Å²) in [5.41, 5.74) is 2.21. The molecule has 1 saturated carbocycles. The molecule has 4 aromatic rings. The number of carbonyl (C=O) groups excluding carboxylic acids is 2. The second-order valence-electron chi connectivity index (χ2n) is 8.71. The fraction of sp³-hybridized carbons (Fsp3) is 0.231. The Labute approximate surface area is 222 Å². The summed E-state index contributed by atoms with van der Waals surface area (Å²) in [7, 11) is 1.33. The number of aromatic nitrogens is 1. The zero-order valence-corrected chi connectivity index (χ0v) is 22.0. The first-order valence-electron chi connectivity index (χ1n) is 11.1. The fourth-order valence-corrected chi connectivity index (χ4v) is 6.44. The molecule has 36 heavy (non-hydrogen) atoms. The van der Waals surface area contributed by atoms with E-state index in [-0.39, 0.29) is 5.91 Å². The van der Waals surface area contributed by atoms with Gasteiger partial charge in [0.25, 0.3) is 5.91 Å². The Kier molecular flexibility index (Phi) is 6.36. The summed E-state index contributed by atoms with van der Waals surface area (Å²) in [5, 5.41) is 3.20. The number of ether oxygens (including phenoxy) is 1. The van der Waals surface area contributed by atoms with E-state index in [2.05, 4.69) is 27.9 Å². The number of hydrogen-bond donors (Lipinski definition) is 1. The molecule has 1 aliphatic rings. The highest BCUT2D eigenvalue weighted by Gasteiger charge is 2.46. The molecule has 0 aliphatic heterocycles. The smallest absolute Gasteiger partial charge is 0.416 e. The van der Waals surface area contributed by atoms with Crippen molar-refractivity contribution in [3.8, 4) is 0 Å². The van der Waals surface area contributed by atoms with Gasteiger partial charge in [0.1, 0.15) is 0 Å². The molecule has 2 heterocycles. The lowest BCUT2D eigenvalue weighted by molar-refractivity contribution is -0.137. The van der Waals surface area contributed by atoms with Crippen molar-refractivity contribution in [1.29, 1.82) is 0 Å². The minimum atomic E-state index is -4.38. The summed E-state index contributed by atoms with van der Waals surface area (Å²) in [6.45, 7) is 0.342. The first-order valence-corrected chi connectivity index (χ1v) is 13.0. The third-order valence-corrected chi connectivity index (χ3v) is 8.51. The first kappa shape index (κ1) is 24.8. The van der Waals surface area contributed by atoms with Gasteiger partial charge in [0.2, 0.25) is 0 Å². The van der Waals surface area contributed by atoms with Crippen LogP contribution in [0.15, 0.2) is 60.8 Å². The van der Waals surface area contributed by atoms with Crippen LogP contribution in [-0.2, 0) is 23.0 Å². The predicted molar refractivity (Wildman–Crippen MR) is 139 cm³/mol. The van der Waals surface area contributed by atoms with Gasteiger partial charge >= 0.3 is 12.1 Å². The van der Waals surface area contributed by atoms with Crippen molar-refractivity contribution in [2.45, 2.75) is 31.1 Å². The lowest BCUT2D eigenvalue weighted by Crippen LogP contribution is -2.35. The van der Waals surface area contributed by atoms with Crippen LogP contribution in [0.25, 0.3) is 10.2 Å². The number of thiophene rings is 1. The van der Waals surface area contributed by atoms with Crippen LogP contribution in [-0.4, -0.2) is 23.6 Å². The van der Waals surface area contributed by atoms with Crippen LogP contribution in [0.1, 0.15) is 50.2 Å². The van der Waals surface area contributed by atoms with Gasteiger partial charge in [-0.3, -0.25) is 4.79 Å². The molecule has 2 aromatic heterocycles. The number of rotatable bonds is 6. The maximum absolute atomic E-state index is 13.5. The predicted octanol–water partition coefficient (Wildman–Crippen LogP) is 6.58. The Balaban J connectivity index is 1.40. The van der Waals surface area contributed by atoms with Crippen LogP contribution < -0.4 is 5.32 Å². The zero-order valence-electron chi connectivity index (χ0n) is 19.0. The fourth-order valence-electron chi connectivity index (χ4n) is 4.30. The topological polar surface area (TPSA) is 60.3 Å². The Hall–Kier alpha value is -2.86. The molecule has 5 nitrogen and oxygen atoms in total. The molecule has 2 aromatic carbocycles. The average molecular weight is 624 g/mol. The number of halogens is 4. The number of hydrogen-bond acceptors (Lipinski definition) is 4. The van der Waals surface area contributed by atoms with Gasteiger partial charge in [-0.2, -0.15) is 13.2 Å². The van der Waals surface area contributed by atoms with Gasteiger partial charge in [0.05, 0.1) is 42.4 Å². The number of amides is 1. The van der Waals surface area contributed by atoms with E-state index in [0.29, 0.717) is 23.2 Å². The molecule has 0 bridgehead atoms. The van der Waals surface area contributed by atoms with Crippen molar-refractivity contribution in [2.24, 2.45) is 0 Å². The molecule has 1 fully saturated rings. The highest BCUT2D eigenvalue weighted by Crippen LogP contribution is 2.46. The molecule has 0 radical (unpaired) electrons. The van der Waals surface area contributed by atoms with Gasteiger partial charge in [0.15, 0.2) is 0 Å². The highest BCUT2D eigenvalue weighted by atomic mass is 127. The number of methoxy groups -OCH3 is 1. The quantitative estimate of drug-likeness (QED) is 0.195. The lowest BCUT2D eigenvalue weighted by Gasteiger charge is -2.19. The number of nitrogens with one attached hydrogen (secondary N) is 1. The summed E-state index contributed by atoms with van der Waals surface area (Å²) in [6.07, 6.45) is -0.962. The van der Waals surface area contributed by atoms with Crippen LogP contribution in [0.2, 0.25) is 0 Å². The summed E-state index contributed by atoms with van der Waals surface area (Å²) < 4.78 is 47.2. The van der Waals surface area contributed by atoms with Gasteiger partial charge in [-0.1, -0.05) is 24.3 Å². The van der Waals surface area contributed by atoms with Gasteiger partial charge in [-0.15, -0.1) is 11.3 Å². The Morgan fingerprint density at radius 2 is 1.75 bits per heavy atom. The molecule has 5 rings (SSSR count). The van der Waals surface area contributed by atoms with Crippen molar-refractivity contribution >= 4 is 56.0 Å². The van der Waals surface area contributed by atoms with Gasteiger partial charge in [-0.25, -0.2) is 4.79 Å². The van der Waals surface area contributed by atoms with Crippen molar-refractivity contribution in [1.82, 2.24) is 9.88 Å². The van der Waals surface area contributed by atoms with Crippen molar-refractivity contribution in [3.05, 3.63) is 91.5 Å². The number of nitrogens with zero attached hydrogens (tertiary/aromatic N) is 1. The second kappa shape index (κ2) is 9.22. The minimum absolute atomic E-state index is 0.201. The monoisotopic (exact) mass is 624 g/mol. The molecule has 1 amide bonds. The lowest BCUT2D eigenvalue weighted by atomic mass is 10.0. The maximum Gasteiger partial charge on any atom is 0.416 e. The molecule has 0 spiro atoms. The van der Waals surface area contributed by atoms with E-state index in [0.717, 1.165) is 43.6 Å². The van der Waals surface area contributed by atoms with Crippen LogP contribution in [0.5, 0.6) is 0 Å². The van der Waals surface area contributed by atoms with E-state index in [4.69, 9.17) is 4.74 Å².